The van der Waals surface area contributed by atoms with Crippen LogP contribution in [0.1, 0.15) is 40.5 Å². The molecule has 0 aromatic heterocycles. The van der Waals surface area contributed by atoms with Crippen LogP contribution in [0.15, 0.2) is 24.3 Å². The number of hydrogen-bond donors (Lipinski definition) is 2. The van der Waals surface area contributed by atoms with Gasteiger partial charge in [0, 0.05) is 13.2 Å². The van der Waals surface area contributed by atoms with E-state index in [-0.39, 0.29) is 24.0 Å². The summed E-state index contributed by atoms with van der Waals surface area (Å²) in [5, 5.41) is 18.4. The van der Waals surface area contributed by atoms with Crippen molar-refractivity contribution in [2.24, 2.45) is 10.8 Å². The fourth-order valence-corrected chi connectivity index (χ4v) is 1.68. The number of aliphatic hydroxyl groups excluding tert-OH is 2. The van der Waals surface area contributed by atoms with Gasteiger partial charge in [-0.2, -0.15) is 0 Å². The van der Waals surface area contributed by atoms with E-state index in [1.165, 1.54) is 0 Å². The van der Waals surface area contributed by atoms with Gasteiger partial charge in [0.05, 0.1) is 13.2 Å². The maximum Gasteiger partial charge on any atom is 0.119 e. The topological polar surface area (TPSA) is 58.9 Å². The highest BCUT2D eigenvalue weighted by molar-refractivity contribution is 5.31. The summed E-state index contributed by atoms with van der Waals surface area (Å²) in [7, 11) is 0. The van der Waals surface area contributed by atoms with Crippen molar-refractivity contribution in [3.05, 3.63) is 24.3 Å². The van der Waals surface area contributed by atoms with Gasteiger partial charge in [0.25, 0.3) is 0 Å². The van der Waals surface area contributed by atoms with E-state index in [1.54, 1.807) is 0 Å². The Morgan fingerprint density at radius 1 is 0.727 bits per heavy atom. The monoisotopic (exact) mass is 310 g/mol. The minimum absolute atomic E-state index is 0.109. The van der Waals surface area contributed by atoms with Crippen LogP contribution in [0.5, 0.6) is 11.5 Å². The standard InChI is InChI=1S/C18H30O4/c1-17(2,13-19)9-11-21-15-5-7-16(8-6-15)22-12-10-18(3,4)14-20/h5-8,19-20H,9-14H2,1-4H3. The summed E-state index contributed by atoms with van der Waals surface area (Å²) >= 11 is 0. The lowest BCUT2D eigenvalue weighted by Gasteiger charge is -2.21. The first-order valence-corrected chi connectivity index (χ1v) is 7.85. The summed E-state index contributed by atoms with van der Waals surface area (Å²) in [6, 6.07) is 7.55. The summed E-state index contributed by atoms with van der Waals surface area (Å²) in [5.74, 6) is 1.61. The number of rotatable bonds is 10. The van der Waals surface area contributed by atoms with E-state index >= 15 is 0 Å². The molecule has 126 valence electrons. The SMILES string of the molecule is CC(C)(CO)CCOc1ccc(OCCC(C)(C)CO)cc1. The van der Waals surface area contributed by atoms with Gasteiger partial charge in [0.2, 0.25) is 0 Å². The number of hydrogen-bond acceptors (Lipinski definition) is 4. The van der Waals surface area contributed by atoms with Crippen molar-refractivity contribution in [2.75, 3.05) is 26.4 Å². The third-order valence-corrected chi connectivity index (χ3v) is 3.77. The summed E-state index contributed by atoms with van der Waals surface area (Å²) in [4.78, 5) is 0. The van der Waals surface area contributed by atoms with Gasteiger partial charge in [-0.25, -0.2) is 0 Å². The molecule has 0 amide bonds. The maximum absolute atomic E-state index is 9.20. The second-order valence-electron chi connectivity index (χ2n) is 7.31. The van der Waals surface area contributed by atoms with Crippen molar-refractivity contribution in [1.29, 1.82) is 0 Å². The van der Waals surface area contributed by atoms with Crippen molar-refractivity contribution in [2.45, 2.75) is 40.5 Å². The third kappa shape index (κ3) is 7.14. The van der Waals surface area contributed by atoms with E-state index in [1.807, 2.05) is 52.0 Å². The van der Waals surface area contributed by atoms with Crippen LogP contribution < -0.4 is 9.47 Å². The number of aliphatic hydroxyl groups is 2. The Balaban J connectivity index is 2.34. The molecule has 0 atom stereocenters. The van der Waals surface area contributed by atoms with Crippen LogP contribution in [0.25, 0.3) is 0 Å². The fraction of sp³-hybridized carbons (Fsp3) is 0.667. The molecular weight excluding hydrogens is 280 g/mol. The second kappa shape index (κ2) is 8.39. The molecule has 22 heavy (non-hydrogen) atoms. The van der Waals surface area contributed by atoms with Gasteiger partial charge in [-0.3, -0.25) is 0 Å². The maximum atomic E-state index is 9.20. The molecule has 0 saturated carbocycles. The minimum atomic E-state index is -0.109. The van der Waals surface area contributed by atoms with Crippen LogP contribution >= 0.6 is 0 Å². The first-order chi connectivity index (χ1) is 10.3. The van der Waals surface area contributed by atoms with E-state index in [0.717, 1.165) is 24.3 Å². The van der Waals surface area contributed by atoms with Crippen LogP contribution in [0.4, 0.5) is 0 Å². The van der Waals surface area contributed by atoms with E-state index < -0.39 is 0 Å². The molecule has 4 nitrogen and oxygen atoms in total. The Kier molecular flexibility index (Phi) is 7.17. The summed E-state index contributed by atoms with van der Waals surface area (Å²) in [5.41, 5.74) is -0.217. The van der Waals surface area contributed by atoms with Gasteiger partial charge >= 0.3 is 0 Å². The molecule has 0 spiro atoms. The van der Waals surface area contributed by atoms with Gasteiger partial charge in [-0.15, -0.1) is 0 Å². The zero-order valence-corrected chi connectivity index (χ0v) is 14.3. The van der Waals surface area contributed by atoms with Crippen LogP contribution in [0, 0.1) is 10.8 Å². The molecule has 4 heteroatoms. The van der Waals surface area contributed by atoms with E-state index in [0.29, 0.717) is 13.2 Å². The molecule has 2 N–H and O–H groups in total. The lowest BCUT2D eigenvalue weighted by atomic mass is 9.91. The second-order valence-corrected chi connectivity index (χ2v) is 7.31. The molecule has 0 unspecified atom stereocenters. The summed E-state index contributed by atoms with van der Waals surface area (Å²) in [6.45, 7) is 9.54. The normalized spacial score (nSPS) is 12.3. The zero-order valence-electron chi connectivity index (χ0n) is 14.3. The Labute approximate surface area is 134 Å². The molecule has 0 heterocycles. The molecular formula is C18H30O4. The number of ether oxygens (including phenoxy) is 2. The molecule has 1 aromatic rings. The van der Waals surface area contributed by atoms with Crippen LogP contribution in [-0.2, 0) is 0 Å². The van der Waals surface area contributed by atoms with Gasteiger partial charge in [0.1, 0.15) is 11.5 Å². The largest absolute Gasteiger partial charge is 0.494 e. The predicted octanol–water partition coefficient (Wildman–Crippen LogP) is 3.26. The summed E-state index contributed by atoms with van der Waals surface area (Å²) < 4.78 is 11.4. The first kappa shape index (κ1) is 18.8. The molecule has 0 radical (unpaired) electrons. The Morgan fingerprint density at radius 3 is 1.32 bits per heavy atom. The molecule has 0 bridgehead atoms. The van der Waals surface area contributed by atoms with Crippen LogP contribution in [-0.4, -0.2) is 36.6 Å². The van der Waals surface area contributed by atoms with Gasteiger partial charge in [0.15, 0.2) is 0 Å². The minimum Gasteiger partial charge on any atom is -0.494 e. The first-order valence-electron chi connectivity index (χ1n) is 7.85. The quantitative estimate of drug-likeness (QED) is 0.696. The molecule has 0 aliphatic rings. The van der Waals surface area contributed by atoms with Crippen molar-refractivity contribution in [1.82, 2.24) is 0 Å². The Morgan fingerprint density at radius 2 is 1.05 bits per heavy atom. The highest BCUT2D eigenvalue weighted by Crippen LogP contribution is 2.23. The van der Waals surface area contributed by atoms with Gasteiger partial charge in [-0.1, -0.05) is 27.7 Å². The van der Waals surface area contributed by atoms with Crippen LogP contribution in [0.3, 0.4) is 0 Å². The molecule has 1 aromatic carbocycles. The van der Waals surface area contributed by atoms with Gasteiger partial charge < -0.3 is 19.7 Å². The lowest BCUT2D eigenvalue weighted by Crippen LogP contribution is -2.20. The van der Waals surface area contributed by atoms with Crippen LogP contribution in [0.2, 0.25) is 0 Å². The van der Waals surface area contributed by atoms with E-state index in [4.69, 9.17) is 9.47 Å². The average molecular weight is 310 g/mol. The van der Waals surface area contributed by atoms with E-state index in [2.05, 4.69) is 0 Å². The molecule has 0 aliphatic heterocycles. The third-order valence-electron chi connectivity index (χ3n) is 3.77. The molecule has 0 fully saturated rings. The Hall–Kier alpha value is -1.26. The van der Waals surface area contributed by atoms with Crippen molar-refractivity contribution >= 4 is 0 Å². The van der Waals surface area contributed by atoms with Crippen molar-refractivity contribution in [3.63, 3.8) is 0 Å². The predicted molar refractivity (Wildman–Crippen MR) is 88.4 cm³/mol. The fourth-order valence-electron chi connectivity index (χ4n) is 1.68. The smallest absolute Gasteiger partial charge is 0.119 e. The highest BCUT2D eigenvalue weighted by atomic mass is 16.5. The molecule has 1 rings (SSSR count). The summed E-state index contributed by atoms with van der Waals surface area (Å²) in [6.07, 6.45) is 1.61. The van der Waals surface area contributed by atoms with Gasteiger partial charge in [-0.05, 0) is 47.9 Å². The average Bonchev–Trinajstić information content (AvgIpc) is 2.48. The van der Waals surface area contributed by atoms with Crippen molar-refractivity contribution < 1.29 is 19.7 Å². The molecule has 0 saturated heterocycles. The van der Waals surface area contributed by atoms with E-state index in [9.17, 15) is 10.2 Å². The number of benzene rings is 1. The van der Waals surface area contributed by atoms with Crippen molar-refractivity contribution in [3.8, 4) is 11.5 Å². The lowest BCUT2D eigenvalue weighted by molar-refractivity contribution is 0.127. The zero-order chi connectivity index (χ0) is 16.6. The Bertz CT molecular complexity index is 382. The highest BCUT2D eigenvalue weighted by Gasteiger charge is 2.17. The molecule has 0 aliphatic carbocycles.